The SMILES string of the molecule is N#Cc1ccc2cc(-c3nc(-c4ccccc4)nc(-c4ccccc4-c4ccc(C56CC7CC(CC(C7)C5)C6)cc4)n3)ccc2c1. The maximum absolute atomic E-state index is 9.35. The highest BCUT2D eigenvalue weighted by Gasteiger charge is 2.51. The number of benzene rings is 5. The molecule has 46 heavy (non-hydrogen) atoms. The van der Waals surface area contributed by atoms with E-state index in [2.05, 4.69) is 60.7 Å². The first-order valence-corrected chi connectivity index (χ1v) is 16.6. The molecule has 5 aromatic carbocycles. The van der Waals surface area contributed by atoms with Crippen LogP contribution in [-0.4, -0.2) is 15.0 Å². The van der Waals surface area contributed by atoms with Crippen LogP contribution in [0.5, 0.6) is 0 Å². The second-order valence-electron chi connectivity index (χ2n) is 13.9. The standard InChI is InChI=1S/C42H34N4/c43-26-27-10-11-34-22-35(13-12-33(34)21-27)40-44-39(32-6-2-1-3-7-32)45-41(46-40)38-9-5-4-8-37(38)31-14-16-36(17-15-31)42-23-28-18-29(24-42)20-30(19-28)25-42/h1-17,21-22,28-30H,18-20,23-25H2. The molecule has 4 aliphatic carbocycles. The molecule has 0 spiro atoms. The summed E-state index contributed by atoms with van der Waals surface area (Å²) in [5, 5.41) is 11.4. The summed E-state index contributed by atoms with van der Waals surface area (Å²) >= 11 is 0. The van der Waals surface area contributed by atoms with Crippen LogP contribution in [0.3, 0.4) is 0 Å². The molecule has 222 valence electrons. The zero-order chi connectivity index (χ0) is 30.7. The van der Waals surface area contributed by atoms with Gasteiger partial charge in [-0.2, -0.15) is 5.26 Å². The minimum atomic E-state index is 0.385. The summed E-state index contributed by atoms with van der Waals surface area (Å²) in [5.74, 6) is 4.72. The molecular formula is C42H34N4. The van der Waals surface area contributed by atoms with E-state index in [0.29, 0.717) is 28.5 Å². The van der Waals surface area contributed by atoms with Crippen LogP contribution in [0.1, 0.15) is 49.7 Å². The quantitative estimate of drug-likeness (QED) is 0.199. The van der Waals surface area contributed by atoms with Gasteiger partial charge in [0.1, 0.15) is 0 Å². The third-order valence-electron chi connectivity index (χ3n) is 10.9. The van der Waals surface area contributed by atoms with E-state index in [1.54, 1.807) is 5.56 Å². The van der Waals surface area contributed by atoms with Crippen molar-refractivity contribution >= 4 is 10.8 Å². The Morgan fingerprint density at radius 2 is 1.09 bits per heavy atom. The van der Waals surface area contributed by atoms with Crippen LogP contribution in [0.2, 0.25) is 0 Å². The molecule has 10 rings (SSSR count). The van der Waals surface area contributed by atoms with Gasteiger partial charge in [-0.3, -0.25) is 0 Å². The van der Waals surface area contributed by atoms with E-state index in [-0.39, 0.29) is 0 Å². The van der Waals surface area contributed by atoms with Gasteiger partial charge < -0.3 is 0 Å². The average molecular weight is 595 g/mol. The molecule has 4 nitrogen and oxygen atoms in total. The molecule has 6 aromatic rings. The molecule has 0 saturated heterocycles. The number of rotatable bonds is 5. The molecule has 0 atom stereocenters. The molecular weight excluding hydrogens is 560 g/mol. The van der Waals surface area contributed by atoms with Crippen molar-refractivity contribution in [3.05, 3.63) is 126 Å². The fourth-order valence-corrected chi connectivity index (χ4v) is 9.19. The molecule has 0 radical (unpaired) electrons. The zero-order valence-corrected chi connectivity index (χ0v) is 25.7. The summed E-state index contributed by atoms with van der Waals surface area (Å²) in [6.07, 6.45) is 8.51. The Labute approximate surface area is 269 Å². The van der Waals surface area contributed by atoms with E-state index in [4.69, 9.17) is 15.0 Å². The molecule has 4 aliphatic rings. The number of hydrogen-bond donors (Lipinski definition) is 0. The molecule has 0 amide bonds. The third kappa shape index (κ3) is 4.70. The molecule has 4 heteroatoms. The maximum atomic E-state index is 9.35. The number of aromatic nitrogens is 3. The molecule has 0 N–H and O–H groups in total. The number of hydrogen-bond acceptors (Lipinski definition) is 4. The van der Waals surface area contributed by atoms with Crippen molar-refractivity contribution < 1.29 is 0 Å². The number of fused-ring (bicyclic) bond motifs is 1. The van der Waals surface area contributed by atoms with Gasteiger partial charge in [0.2, 0.25) is 0 Å². The van der Waals surface area contributed by atoms with Crippen molar-refractivity contribution in [1.29, 1.82) is 5.26 Å². The summed E-state index contributed by atoms with van der Waals surface area (Å²) in [5.41, 5.74) is 7.74. The van der Waals surface area contributed by atoms with Gasteiger partial charge in [-0.1, -0.05) is 97.1 Å². The second-order valence-corrected chi connectivity index (χ2v) is 13.9. The largest absolute Gasteiger partial charge is 0.208 e. The Bertz CT molecular complexity index is 2110. The zero-order valence-electron chi connectivity index (χ0n) is 25.7. The fraction of sp³-hybridized carbons (Fsp3) is 0.238. The van der Waals surface area contributed by atoms with Crippen LogP contribution >= 0.6 is 0 Å². The Kier molecular flexibility index (Phi) is 6.35. The van der Waals surface area contributed by atoms with Gasteiger partial charge in [-0.15, -0.1) is 0 Å². The molecule has 4 saturated carbocycles. The van der Waals surface area contributed by atoms with Crippen LogP contribution in [0.4, 0.5) is 0 Å². The van der Waals surface area contributed by atoms with Crippen molar-refractivity contribution in [2.75, 3.05) is 0 Å². The van der Waals surface area contributed by atoms with Crippen molar-refractivity contribution in [3.63, 3.8) is 0 Å². The van der Waals surface area contributed by atoms with Crippen molar-refractivity contribution in [2.24, 2.45) is 17.8 Å². The Morgan fingerprint density at radius 1 is 0.522 bits per heavy atom. The van der Waals surface area contributed by atoms with E-state index < -0.39 is 0 Å². The van der Waals surface area contributed by atoms with E-state index in [1.165, 1.54) is 44.1 Å². The Balaban J connectivity index is 1.13. The van der Waals surface area contributed by atoms with Crippen molar-refractivity contribution in [3.8, 4) is 51.4 Å². The lowest BCUT2D eigenvalue weighted by atomic mass is 9.48. The first-order chi connectivity index (χ1) is 22.6. The van der Waals surface area contributed by atoms with Crippen LogP contribution in [-0.2, 0) is 5.41 Å². The van der Waals surface area contributed by atoms with Gasteiger partial charge in [0, 0.05) is 16.7 Å². The highest BCUT2D eigenvalue weighted by atomic mass is 15.0. The number of nitrogens with zero attached hydrogens (tertiary/aromatic N) is 4. The first-order valence-electron chi connectivity index (χ1n) is 16.6. The normalized spacial score (nSPS) is 23.0. The summed E-state index contributed by atoms with van der Waals surface area (Å²) in [6, 6.07) is 42.2. The maximum Gasteiger partial charge on any atom is 0.164 e. The number of nitriles is 1. The minimum absolute atomic E-state index is 0.385. The van der Waals surface area contributed by atoms with Gasteiger partial charge in [0.25, 0.3) is 0 Å². The summed E-state index contributed by atoms with van der Waals surface area (Å²) in [6.45, 7) is 0. The van der Waals surface area contributed by atoms with Crippen LogP contribution in [0.25, 0.3) is 56.1 Å². The van der Waals surface area contributed by atoms with Crippen molar-refractivity contribution in [1.82, 2.24) is 15.0 Å². The van der Waals surface area contributed by atoms with E-state index in [1.807, 2.05) is 60.7 Å². The smallest absolute Gasteiger partial charge is 0.164 e. The highest BCUT2D eigenvalue weighted by molar-refractivity contribution is 5.88. The highest BCUT2D eigenvalue weighted by Crippen LogP contribution is 2.60. The Morgan fingerprint density at radius 3 is 1.78 bits per heavy atom. The van der Waals surface area contributed by atoms with Crippen molar-refractivity contribution in [2.45, 2.75) is 43.9 Å². The third-order valence-corrected chi connectivity index (χ3v) is 10.9. The van der Waals surface area contributed by atoms with Crippen LogP contribution in [0.15, 0.2) is 115 Å². The predicted molar refractivity (Wildman–Crippen MR) is 184 cm³/mol. The summed E-state index contributed by atoms with van der Waals surface area (Å²) in [7, 11) is 0. The molecule has 1 aromatic heterocycles. The lowest BCUT2D eigenvalue weighted by molar-refractivity contribution is -0.00518. The van der Waals surface area contributed by atoms with Crippen LogP contribution < -0.4 is 0 Å². The molecule has 4 fully saturated rings. The van der Waals surface area contributed by atoms with Gasteiger partial charge >= 0.3 is 0 Å². The topological polar surface area (TPSA) is 62.5 Å². The van der Waals surface area contributed by atoms with Crippen LogP contribution in [0, 0.1) is 29.1 Å². The fourth-order valence-electron chi connectivity index (χ4n) is 9.19. The Hall–Kier alpha value is -5.14. The minimum Gasteiger partial charge on any atom is -0.208 e. The molecule has 0 aliphatic heterocycles. The average Bonchev–Trinajstić information content (AvgIpc) is 3.11. The van der Waals surface area contributed by atoms with Gasteiger partial charge in [0.05, 0.1) is 11.6 Å². The van der Waals surface area contributed by atoms with Gasteiger partial charge in [0.15, 0.2) is 17.5 Å². The predicted octanol–water partition coefficient (Wildman–Crippen LogP) is 10.0. The van der Waals surface area contributed by atoms with Gasteiger partial charge in [-0.25, -0.2) is 15.0 Å². The van der Waals surface area contributed by atoms with E-state index in [9.17, 15) is 5.26 Å². The van der Waals surface area contributed by atoms with E-state index in [0.717, 1.165) is 50.8 Å². The monoisotopic (exact) mass is 594 g/mol. The lowest BCUT2D eigenvalue weighted by Crippen LogP contribution is -2.48. The summed E-state index contributed by atoms with van der Waals surface area (Å²) in [4.78, 5) is 15.1. The molecule has 4 bridgehead atoms. The first kappa shape index (κ1) is 27.2. The summed E-state index contributed by atoms with van der Waals surface area (Å²) < 4.78 is 0. The lowest BCUT2D eigenvalue weighted by Gasteiger charge is -2.57. The second kappa shape index (κ2) is 10.7. The van der Waals surface area contributed by atoms with Gasteiger partial charge in [-0.05, 0) is 107 Å². The molecule has 1 heterocycles. The molecule has 0 unspecified atom stereocenters. The van der Waals surface area contributed by atoms with E-state index >= 15 is 0 Å².